The molecule has 1 aromatic carbocycles. The van der Waals surface area contributed by atoms with Gasteiger partial charge in [-0.25, -0.2) is 0 Å². The Morgan fingerprint density at radius 1 is 1.50 bits per heavy atom. The zero-order valence-electron chi connectivity index (χ0n) is 11.6. The van der Waals surface area contributed by atoms with Crippen molar-refractivity contribution in [2.24, 2.45) is 0 Å². The van der Waals surface area contributed by atoms with Crippen molar-refractivity contribution < 1.29 is 14.4 Å². The summed E-state index contributed by atoms with van der Waals surface area (Å²) in [5, 5.41) is 14.1. The Kier molecular flexibility index (Phi) is 5.31. The molecule has 1 heterocycles. The van der Waals surface area contributed by atoms with Gasteiger partial charge in [-0.2, -0.15) is 0 Å². The molecule has 1 N–H and O–H groups in total. The van der Waals surface area contributed by atoms with Crippen LogP contribution in [0.5, 0.6) is 0 Å². The first-order valence-corrected chi connectivity index (χ1v) is 6.82. The van der Waals surface area contributed by atoms with E-state index in [0.29, 0.717) is 13.2 Å². The number of ether oxygens (including phenoxy) is 2. The van der Waals surface area contributed by atoms with Crippen LogP contribution in [0, 0.1) is 10.1 Å². The summed E-state index contributed by atoms with van der Waals surface area (Å²) in [4.78, 5) is 10.4. The van der Waals surface area contributed by atoms with Crippen molar-refractivity contribution in [3.63, 3.8) is 0 Å². The van der Waals surface area contributed by atoms with Crippen LogP contribution in [-0.2, 0) is 16.1 Å². The maximum absolute atomic E-state index is 10.8. The van der Waals surface area contributed by atoms with Crippen LogP contribution < -0.4 is 5.32 Å². The van der Waals surface area contributed by atoms with Gasteiger partial charge in [-0.3, -0.25) is 10.1 Å². The summed E-state index contributed by atoms with van der Waals surface area (Å²) < 4.78 is 10.8. The van der Waals surface area contributed by atoms with E-state index in [2.05, 4.69) is 5.32 Å². The highest BCUT2D eigenvalue weighted by molar-refractivity contribution is 5.55. The van der Waals surface area contributed by atoms with Crippen molar-refractivity contribution in [1.82, 2.24) is 0 Å². The van der Waals surface area contributed by atoms with Crippen molar-refractivity contribution in [2.75, 3.05) is 25.6 Å². The van der Waals surface area contributed by atoms with Crippen LogP contribution in [0.1, 0.15) is 24.8 Å². The van der Waals surface area contributed by atoms with Crippen LogP contribution >= 0.6 is 0 Å². The number of nitrogens with zero attached hydrogens (tertiary/aromatic N) is 1. The smallest absolute Gasteiger partial charge is 0.269 e. The first-order valence-electron chi connectivity index (χ1n) is 6.82. The van der Waals surface area contributed by atoms with Crippen molar-refractivity contribution >= 4 is 11.4 Å². The van der Waals surface area contributed by atoms with Crippen molar-refractivity contribution in [3.05, 3.63) is 33.9 Å². The molecule has 1 atom stereocenters. The highest BCUT2D eigenvalue weighted by atomic mass is 16.6. The van der Waals surface area contributed by atoms with Crippen molar-refractivity contribution in [3.8, 4) is 0 Å². The molecule has 0 bridgehead atoms. The molecule has 2 rings (SSSR count). The molecule has 0 amide bonds. The fourth-order valence-electron chi connectivity index (χ4n) is 2.33. The van der Waals surface area contributed by atoms with Gasteiger partial charge in [0.15, 0.2) is 0 Å². The summed E-state index contributed by atoms with van der Waals surface area (Å²) in [5.41, 5.74) is 1.74. The Labute approximate surface area is 118 Å². The van der Waals surface area contributed by atoms with Crippen LogP contribution in [0.3, 0.4) is 0 Å². The number of hydrogen-bond acceptors (Lipinski definition) is 5. The number of anilines is 1. The van der Waals surface area contributed by atoms with Gasteiger partial charge in [-0.1, -0.05) is 0 Å². The van der Waals surface area contributed by atoms with E-state index < -0.39 is 4.92 Å². The fraction of sp³-hybridized carbons (Fsp3) is 0.571. The standard InChI is InChI=1S/C14H20N2O4/c1-19-10-11-8-12(16(17)18)5-6-14(11)15-9-13-4-2-3-7-20-13/h5-6,8,13,15H,2-4,7,9-10H2,1H3/t13-/m0/s1. The van der Waals surface area contributed by atoms with Gasteiger partial charge in [0, 0.05) is 43.6 Å². The number of methoxy groups -OCH3 is 1. The van der Waals surface area contributed by atoms with Gasteiger partial charge in [0.05, 0.1) is 17.6 Å². The van der Waals surface area contributed by atoms with Crippen molar-refractivity contribution in [1.29, 1.82) is 0 Å². The molecule has 1 aliphatic rings. The molecule has 1 aliphatic heterocycles. The minimum atomic E-state index is -0.396. The Hall–Kier alpha value is -1.66. The molecular weight excluding hydrogens is 260 g/mol. The number of rotatable bonds is 6. The molecular formula is C14H20N2O4. The molecule has 1 saturated heterocycles. The van der Waals surface area contributed by atoms with Crippen LogP contribution in [0.15, 0.2) is 18.2 Å². The summed E-state index contributed by atoms with van der Waals surface area (Å²) in [6.45, 7) is 1.88. The monoisotopic (exact) mass is 280 g/mol. The third-order valence-electron chi connectivity index (χ3n) is 3.39. The molecule has 0 aromatic heterocycles. The average molecular weight is 280 g/mol. The van der Waals surface area contributed by atoms with E-state index in [1.807, 2.05) is 0 Å². The molecule has 6 nitrogen and oxygen atoms in total. The third-order valence-corrected chi connectivity index (χ3v) is 3.39. The minimum absolute atomic E-state index is 0.0801. The first kappa shape index (κ1) is 14.7. The second kappa shape index (κ2) is 7.21. The third kappa shape index (κ3) is 3.91. The molecule has 0 spiro atoms. The number of benzene rings is 1. The molecule has 1 aromatic rings. The lowest BCUT2D eigenvalue weighted by atomic mass is 10.1. The lowest BCUT2D eigenvalue weighted by Crippen LogP contribution is -2.27. The quantitative estimate of drug-likeness (QED) is 0.640. The Balaban J connectivity index is 2.03. The van der Waals surface area contributed by atoms with E-state index in [1.54, 1.807) is 19.2 Å². The summed E-state index contributed by atoms with van der Waals surface area (Å²) >= 11 is 0. The van der Waals surface area contributed by atoms with Gasteiger partial charge < -0.3 is 14.8 Å². The maximum atomic E-state index is 10.8. The topological polar surface area (TPSA) is 73.6 Å². The zero-order chi connectivity index (χ0) is 14.4. The van der Waals surface area contributed by atoms with Gasteiger partial charge in [0.25, 0.3) is 5.69 Å². The molecule has 0 radical (unpaired) electrons. The molecule has 1 fully saturated rings. The summed E-state index contributed by atoms with van der Waals surface area (Å²) in [7, 11) is 1.58. The van der Waals surface area contributed by atoms with Gasteiger partial charge in [-0.15, -0.1) is 0 Å². The summed E-state index contributed by atoms with van der Waals surface area (Å²) in [6, 6.07) is 4.78. The minimum Gasteiger partial charge on any atom is -0.382 e. The van der Waals surface area contributed by atoms with E-state index in [1.165, 1.54) is 12.5 Å². The van der Waals surface area contributed by atoms with Crippen LogP contribution in [0.25, 0.3) is 0 Å². The van der Waals surface area contributed by atoms with E-state index in [0.717, 1.165) is 30.7 Å². The zero-order valence-corrected chi connectivity index (χ0v) is 11.6. The lowest BCUT2D eigenvalue weighted by Gasteiger charge is -2.23. The molecule has 6 heteroatoms. The van der Waals surface area contributed by atoms with Crippen molar-refractivity contribution in [2.45, 2.75) is 32.0 Å². The van der Waals surface area contributed by atoms with Gasteiger partial charge in [0.1, 0.15) is 0 Å². The number of hydrogen-bond donors (Lipinski definition) is 1. The van der Waals surface area contributed by atoms with E-state index >= 15 is 0 Å². The van der Waals surface area contributed by atoms with Gasteiger partial charge in [0.2, 0.25) is 0 Å². The second-order valence-corrected chi connectivity index (χ2v) is 4.90. The Morgan fingerprint density at radius 3 is 3.00 bits per heavy atom. The predicted octanol–water partition coefficient (Wildman–Crippen LogP) is 2.72. The lowest BCUT2D eigenvalue weighted by molar-refractivity contribution is -0.384. The van der Waals surface area contributed by atoms with Crippen LogP contribution in [0.4, 0.5) is 11.4 Å². The highest BCUT2D eigenvalue weighted by Crippen LogP contribution is 2.23. The number of nitrogens with one attached hydrogen (secondary N) is 1. The molecule has 20 heavy (non-hydrogen) atoms. The molecule has 0 saturated carbocycles. The number of nitro groups is 1. The SMILES string of the molecule is COCc1cc([N+](=O)[O-])ccc1NC[C@@H]1CCCCO1. The van der Waals surface area contributed by atoms with Crippen LogP contribution in [0.2, 0.25) is 0 Å². The van der Waals surface area contributed by atoms with Gasteiger partial charge in [-0.05, 0) is 25.3 Å². The average Bonchev–Trinajstić information content (AvgIpc) is 2.47. The normalized spacial score (nSPS) is 18.8. The number of nitro benzene ring substituents is 1. The molecule has 0 aliphatic carbocycles. The van der Waals surface area contributed by atoms with E-state index in [-0.39, 0.29) is 11.8 Å². The predicted molar refractivity (Wildman–Crippen MR) is 75.9 cm³/mol. The molecule has 110 valence electrons. The Morgan fingerprint density at radius 2 is 2.35 bits per heavy atom. The van der Waals surface area contributed by atoms with E-state index in [4.69, 9.17) is 9.47 Å². The summed E-state index contributed by atoms with van der Waals surface area (Å²) in [5.74, 6) is 0. The highest BCUT2D eigenvalue weighted by Gasteiger charge is 2.15. The maximum Gasteiger partial charge on any atom is 0.269 e. The largest absolute Gasteiger partial charge is 0.382 e. The molecule has 0 unspecified atom stereocenters. The second-order valence-electron chi connectivity index (χ2n) is 4.90. The Bertz CT molecular complexity index is 458. The first-order chi connectivity index (χ1) is 9.70. The van der Waals surface area contributed by atoms with Crippen LogP contribution in [-0.4, -0.2) is 31.3 Å². The summed E-state index contributed by atoms with van der Waals surface area (Å²) in [6.07, 6.45) is 3.59. The number of non-ortho nitro benzene ring substituents is 1. The van der Waals surface area contributed by atoms with E-state index in [9.17, 15) is 10.1 Å². The fourth-order valence-corrected chi connectivity index (χ4v) is 2.33. The van der Waals surface area contributed by atoms with Gasteiger partial charge >= 0.3 is 0 Å².